The van der Waals surface area contributed by atoms with Crippen LogP contribution in [0.4, 0.5) is 0 Å². The molecule has 0 radical (unpaired) electrons. The molecule has 1 fully saturated rings. The van der Waals surface area contributed by atoms with Crippen molar-refractivity contribution in [1.82, 2.24) is 19.3 Å². The number of fused-ring (bicyclic) bond motifs is 2. The maximum atomic E-state index is 13.4. The van der Waals surface area contributed by atoms with E-state index in [-0.39, 0.29) is 22.7 Å². The summed E-state index contributed by atoms with van der Waals surface area (Å²) in [5.74, 6) is -0.395. The molecule has 0 saturated carbocycles. The third-order valence-electron chi connectivity index (χ3n) is 6.08. The number of pyridine rings is 2. The Morgan fingerprint density at radius 2 is 2.03 bits per heavy atom. The lowest BCUT2D eigenvalue weighted by atomic mass is 10.1. The minimum Gasteiger partial charge on any atom is -0.376 e. The molecule has 168 valence electrons. The molecule has 5 rings (SSSR count). The Balaban J connectivity index is 1.69. The first kappa shape index (κ1) is 21.1. The van der Waals surface area contributed by atoms with Crippen molar-refractivity contribution in [3.63, 3.8) is 0 Å². The van der Waals surface area contributed by atoms with Gasteiger partial charge in [-0.2, -0.15) is 0 Å². The van der Waals surface area contributed by atoms with E-state index in [0.29, 0.717) is 36.4 Å². The largest absolute Gasteiger partial charge is 0.376 e. The number of carbonyl (C=O) groups excluding carboxylic acids is 1. The SMILES string of the molecule is Cc1cccn2c(=O)c3cc(C(=O)NC[C@@H]4CCCO4)c(=N)n(Cc4ccccc4)c3nc12. The zero-order valence-electron chi connectivity index (χ0n) is 18.4. The van der Waals surface area contributed by atoms with Crippen LogP contribution in [0.15, 0.2) is 59.5 Å². The van der Waals surface area contributed by atoms with E-state index in [1.807, 2.05) is 43.3 Å². The highest BCUT2D eigenvalue weighted by molar-refractivity contribution is 5.96. The van der Waals surface area contributed by atoms with Gasteiger partial charge in [-0.15, -0.1) is 0 Å². The molecule has 4 heterocycles. The Morgan fingerprint density at radius 1 is 1.21 bits per heavy atom. The zero-order valence-corrected chi connectivity index (χ0v) is 18.4. The third-order valence-corrected chi connectivity index (χ3v) is 6.08. The predicted molar refractivity (Wildman–Crippen MR) is 124 cm³/mol. The molecule has 0 aliphatic carbocycles. The van der Waals surface area contributed by atoms with E-state index < -0.39 is 5.91 Å². The van der Waals surface area contributed by atoms with Crippen molar-refractivity contribution in [2.24, 2.45) is 0 Å². The van der Waals surface area contributed by atoms with Crippen LogP contribution in [0.25, 0.3) is 16.7 Å². The number of aryl methyl sites for hydroxylation is 1. The first-order valence-electron chi connectivity index (χ1n) is 11.1. The fourth-order valence-electron chi connectivity index (χ4n) is 4.30. The van der Waals surface area contributed by atoms with Crippen molar-refractivity contribution >= 4 is 22.6 Å². The lowest BCUT2D eigenvalue weighted by Crippen LogP contribution is -2.38. The molecule has 0 spiro atoms. The van der Waals surface area contributed by atoms with Crippen LogP contribution >= 0.6 is 0 Å². The Morgan fingerprint density at radius 3 is 2.79 bits per heavy atom. The Kier molecular flexibility index (Phi) is 5.51. The van der Waals surface area contributed by atoms with Gasteiger partial charge in [-0.1, -0.05) is 36.4 Å². The number of hydrogen-bond acceptors (Lipinski definition) is 5. The summed E-state index contributed by atoms with van der Waals surface area (Å²) in [5.41, 5.74) is 2.61. The number of hydrogen-bond donors (Lipinski definition) is 2. The summed E-state index contributed by atoms with van der Waals surface area (Å²) in [5, 5.41) is 12.0. The second-order valence-electron chi connectivity index (χ2n) is 8.36. The van der Waals surface area contributed by atoms with E-state index >= 15 is 0 Å². The highest BCUT2D eigenvalue weighted by Crippen LogP contribution is 2.15. The molecule has 1 atom stereocenters. The fraction of sp³-hybridized carbons (Fsp3) is 0.280. The van der Waals surface area contributed by atoms with E-state index in [9.17, 15) is 9.59 Å². The topological polar surface area (TPSA) is 101 Å². The molecule has 2 N–H and O–H groups in total. The number of aromatic nitrogens is 3. The quantitative estimate of drug-likeness (QED) is 0.463. The van der Waals surface area contributed by atoms with Crippen molar-refractivity contribution in [2.75, 3.05) is 13.2 Å². The molecule has 0 unspecified atom stereocenters. The fourth-order valence-corrected chi connectivity index (χ4v) is 4.30. The summed E-state index contributed by atoms with van der Waals surface area (Å²) in [6, 6.07) is 14.8. The van der Waals surface area contributed by atoms with Crippen LogP contribution in [0.2, 0.25) is 0 Å². The molecule has 1 saturated heterocycles. The van der Waals surface area contributed by atoms with Gasteiger partial charge in [0.05, 0.1) is 23.6 Å². The molecule has 8 nitrogen and oxygen atoms in total. The second-order valence-corrected chi connectivity index (χ2v) is 8.36. The van der Waals surface area contributed by atoms with Gasteiger partial charge in [0, 0.05) is 19.3 Å². The predicted octanol–water partition coefficient (Wildman–Crippen LogP) is 2.39. The Bertz CT molecular complexity index is 1470. The van der Waals surface area contributed by atoms with Crippen molar-refractivity contribution < 1.29 is 9.53 Å². The maximum Gasteiger partial charge on any atom is 0.267 e. The van der Waals surface area contributed by atoms with Crippen molar-refractivity contribution in [3.05, 3.63) is 87.3 Å². The average Bonchev–Trinajstić information content (AvgIpc) is 3.35. The minimum atomic E-state index is -0.395. The number of carbonyl (C=O) groups is 1. The van der Waals surface area contributed by atoms with Gasteiger partial charge < -0.3 is 14.6 Å². The monoisotopic (exact) mass is 443 g/mol. The van der Waals surface area contributed by atoms with Crippen molar-refractivity contribution in [2.45, 2.75) is 32.4 Å². The number of rotatable bonds is 5. The minimum absolute atomic E-state index is 0.0146. The first-order valence-corrected chi connectivity index (χ1v) is 11.1. The molecule has 1 aliphatic heterocycles. The smallest absolute Gasteiger partial charge is 0.267 e. The summed E-state index contributed by atoms with van der Waals surface area (Å²) in [4.78, 5) is 31.2. The van der Waals surface area contributed by atoms with Gasteiger partial charge in [0.15, 0.2) is 0 Å². The molecule has 4 aromatic rings. The third kappa shape index (κ3) is 3.93. The molecule has 8 heteroatoms. The molecule has 3 aromatic heterocycles. The first-order chi connectivity index (χ1) is 16.0. The van der Waals surface area contributed by atoms with E-state index in [2.05, 4.69) is 5.32 Å². The standard InChI is InChI=1S/C25H25N5O3/c1-16-7-5-11-29-22(16)28-23-20(25(29)32)13-19(24(31)27-14-18-10-6-12-33-18)21(26)30(23)15-17-8-3-2-4-9-17/h2-5,7-9,11,13,18,26H,6,10,12,14-15H2,1H3,(H,27,31)/t18-/m0/s1. The average molecular weight is 444 g/mol. The number of nitrogens with one attached hydrogen (secondary N) is 2. The summed E-state index contributed by atoms with van der Waals surface area (Å²) in [6.07, 6.45) is 3.53. The van der Waals surface area contributed by atoms with Crippen molar-refractivity contribution in [1.29, 1.82) is 5.41 Å². The van der Waals surface area contributed by atoms with Crippen molar-refractivity contribution in [3.8, 4) is 0 Å². The van der Waals surface area contributed by atoms with Gasteiger partial charge in [-0.25, -0.2) is 4.98 Å². The molecule has 33 heavy (non-hydrogen) atoms. The van der Waals surface area contributed by atoms with Gasteiger partial charge in [0.1, 0.15) is 16.8 Å². The highest BCUT2D eigenvalue weighted by Gasteiger charge is 2.20. The normalized spacial score (nSPS) is 15.8. The Hall–Kier alpha value is -3.78. The lowest BCUT2D eigenvalue weighted by Gasteiger charge is -2.16. The highest BCUT2D eigenvalue weighted by atomic mass is 16.5. The molecule has 1 aromatic carbocycles. The van der Waals surface area contributed by atoms with Gasteiger partial charge >= 0.3 is 0 Å². The Labute approximate surface area is 190 Å². The summed E-state index contributed by atoms with van der Waals surface area (Å²) in [6.45, 7) is 3.29. The van der Waals surface area contributed by atoms with Gasteiger partial charge in [0.2, 0.25) is 0 Å². The number of benzene rings is 1. The van der Waals surface area contributed by atoms with E-state index in [1.165, 1.54) is 10.5 Å². The van der Waals surface area contributed by atoms with Crippen LogP contribution in [0, 0.1) is 12.3 Å². The number of amides is 1. The van der Waals surface area contributed by atoms with Crippen LogP contribution in [0.5, 0.6) is 0 Å². The van der Waals surface area contributed by atoms with Crippen LogP contribution in [0.1, 0.15) is 34.3 Å². The van der Waals surface area contributed by atoms with Crippen LogP contribution < -0.4 is 16.4 Å². The van der Waals surface area contributed by atoms with E-state index in [4.69, 9.17) is 15.1 Å². The van der Waals surface area contributed by atoms with Crippen LogP contribution in [-0.2, 0) is 11.3 Å². The van der Waals surface area contributed by atoms with E-state index in [1.54, 1.807) is 16.8 Å². The molecule has 1 aliphatic rings. The molecule has 0 bridgehead atoms. The maximum absolute atomic E-state index is 13.4. The lowest BCUT2D eigenvalue weighted by molar-refractivity contribution is 0.0856. The van der Waals surface area contributed by atoms with Gasteiger partial charge in [0.25, 0.3) is 11.5 Å². The van der Waals surface area contributed by atoms with Crippen LogP contribution in [-0.4, -0.2) is 39.1 Å². The summed E-state index contributed by atoms with van der Waals surface area (Å²) < 4.78 is 8.72. The molecule has 1 amide bonds. The number of nitrogens with zero attached hydrogens (tertiary/aromatic N) is 3. The van der Waals surface area contributed by atoms with Gasteiger partial charge in [-0.05, 0) is 43.0 Å². The summed E-state index contributed by atoms with van der Waals surface area (Å²) in [7, 11) is 0. The zero-order chi connectivity index (χ0) is 22.9. The van der Waals surface area contributed by atoms with Crippen LogP contribution in [0.3, 0.4) is 0 Å². The molecular formula is C25H25N5O3. The van der Waals surface area contributed by atoms with Gasteiger partial charge in [-0.3, -0.25) is 19.4 Å². The summed E-state index contributed by atoms with van der Waals surface area (Å²) >= 11 is 0. The van der Waals surface area contributed by atoms with E-state index in [0.717, 1.165) is 24.0 Å². The second kappa shape index (κ2) is 8.63. The number of ether oxygens (including phenoxy) is 1. The molecular weight excluding hydrogens is 418 g/mol.